The van der Waals surface area contributed by atoms with Crippen LogP contribution in [0.15, 0.2) is 63.9 Å². The third kappa shape index (κ3) is 4.61. The van der Waals surface area contributed by atoms with E-state index in [1.54, 1.807) is 44.5 Å². The average Bonchev–Trinajstić information content (AvgIpc) is 2.67. The van der Waals surface area contributed by atoms with Gasteiger partial charge in [-0.3, -0.25) is 4.79 Å². The molecule has 6 nitrogen and oxygen atoms in total. The van der Waals surface area contributed by atoms with Gasteiger partial charge in [-0.2, -0.15) is 0 Å². The zero-order valence-corrected chi connectivity index (χ0v) is 15.2. The molecular formula is C21H20N2O4. The molecule has 3 aromatic rings. The molecule has 138 valence electrons. The number of anilines is 1. The molecule has 6 heteroatoms. The summed E-state index contributed by atoms with van der Waals surface area (Å²) in [6.07, 6.45) is 2.84. The number of rotatable bonds is 6. The number of nitrogens with zero attached hydrogens (tertiary/aromatic N) is 1. The SMILES string of the molecule is COc1ccc(CCc2cc(C)c(C(=O)Nc3ccccn3)c(=O)o2)cc1. The predicted molar refractivity (Wildman–Crippen MR) is 102 cm³/mol. The summed E-state index contributed by atoms with van der Waals surface area (Å²) in [6, 6.07) is 14.6. The number of amides is 1. The number of nitrogens with one attached hydrogen (secondary N) is 1. The first-order chi connectivity index (χ1) is 13.1. The fraction of sp³-hybridized carbons (Fsp3) is 0.190. The molecule has 0 aliphatic carbocycles. The monoisotopic (exact) mass is 364 g/mol. The van der Waals surface area contributed by atoms with Crippen LogP contribution in [0.2, 0.25) is 0 Å². The number of methoxy groups -OCH3 is 1. The number of aryl methyl sites for hydroxylation is 3. The molecule has 0 aliphatic rings. The van der Waals surface area contributed by atoms with Crippen molar-refractivity contribution < 1.29 is 13.9 Å². The third-order valence-electron chi connectivity index (χ3n) is 4.15. The van der Waals surface area contributed by atoms with Crippen molar-refractivity contribution in [2.45, 2.75) is 19.8 Å². The predicted octanol–water partition coefficient (Wildman–Crippen LogP) is 3.39. The second-order valence-corrected chi connectivity index (χ2v) is 6.08. The van der Waals surface area contributed by atoms with Gasteiger partial charge >= 0.3 is 5.63 Å². The van der Waals surface area contributed by atoms with Crippen LogP contribution >= 0.6 is 0 Å². The Labute approximate surface area is 156 Å². The molecule has 1 N–H and O–H groups in total. The Morgan fingerprint density at radius 1 is 1.15 bits per heavy atom. The first-order valence-corrected chi connectivity index (χ1v) is 8.56. The van der Waals surface area contributed by atoms with Gasteiger partial charge < -0.3 is 14.5 Å². The molecule has 0 spiro atoms. The smallest absolute Gasteiger partial charge is 0.349 e. The quantitative estimate of drug-likeness (QED) is 0.725. The number of hydrogen-bond donors (Lipinski definition) is 1. The van der Waals surface area contributed by atoms with Crippen molar-refractivity contribution in [3.05, 3.63) is 87.6 Å². The van der Waals surface area contributed by atoms with Crippen LogP contribution in [-0.4, -0.2) is 18.0 Å². The Morgan fingerprint density at radius 3 is 2.56 bits per heavy atom. The minimum absolute atomic E-state index is 0.00569. The summed E-state index contributed by atoms with van der Waals surface area (Å²) in [5.74, 6) is 1.19. The number of ether oxygens (including phenoxy) is 1. The topological polar surface area (TPSA) is 81.4 Å². The normalized spacial score (nSPS) is 10.4. The second kappa shape index (κ2) is 8.31. The van der Waals surface area contributed by atoms with E-state index < -0.39 is 11.5 Å². The summed E-state index contributed by atoms with van der Waals surface area (Å²) in [6.45, 7) is 1.72. The van der Waals surface area contributed by atoms with Crippen LogP contribution < -0.4 is 15.7 Å². The molecule has 0 radical (unpaired) electrons. The lowest BCUT2D eigenvalue weighted by molar-refractivity contribution is 0.102. The van der Waals surface area contributed by atoms with Gasteiger partial charge in [-0.25, -0.2) is 9.78 Å². The summed E-state index contributed by atoms with van der Waals surface area (Å²) in [5, 5.41) is 2.61. The minimum atomic E-state index is -0.645. The van der Waals surface area contributed by atoms with E-state index in [-0.39, 0.29) is 5.56 Å². The van der Waals surface area contributed by atoms with Crippen molar-refractivity contribution in [1.82, 2.24) is 4.98 Å². The van der Waals surface area contributed by atoms with Gasteiger partial charge in [0, 0.05) is 12.6 Å². The zero-order chi connectivity index (χ0) is 19.2. The highest BCUT2D eigenvalue weighted by Gasteiger charge is 2.17. The molecule has 0 bridgehead atoms. The van der Waals surface area contributed by atoms with Crippen LogP contribution in [0.25, 0.3) is 0 Å². The molecule has 0 unspecified atom stereocenters. The lowest BCUT2D eigenvalue weighted by atomic mass is 10.1. The molecule has 1 amide bonds. The first kappa shape index (κ1) is 18.4. The number of benzene rings is 1. The highest BCUT2D eigenvalue weighted by atomic mass is 16.5. The fourth-order valence-corrected chi connectivity index (χ4v) is 2.74. The van der Waals surface area contributed by atoms with Crippen LogP contribution in [0.5, 0.6) is 5.75 Å². The summed E-state index contributed by atoms with van der Waals surface area (Å²) in [4.78, 5) is 28.7. The van der Waals surface area contributed by atoms with Gasteiger partial charge in [0.15, 0.2) is 0 Å². The van der Waals surface area contributed by atoms with Crippen LogP contribution in [0, 0.1) is 6.92 Å². The fourth-order valence-electron chi connectivity index (χ4n) is 2.74. The molecule has 0 saturated heterocycles. The first-order valence-electron chi connectivity index (χ1n) is 8.56. The number of hydrogen-bond acceptors (Lipinski definition) is 5. The van der Waals surface area contributed by atoms with Gasteiger partial charge in [-0.1, -0.05) is 18.2 Å². The van der Waals surface area contributed by atoms with Crippen molar-refractivity contribution in [3.8, 4) is 5.75 Å². The van der Waals surface area contributed by atoms with Gasteiger partial charge in [-0.05, 0) is 54.8 Å². The summed E-state index contributed by atoms with van der Waals surface area (Å²) in [7, 11) is 1.62. The van der Waals surface area contributed by atoms with E-state index in [1.165, 1.54) is 0 Å². The average molecular weight is 364 g/mol. The lowest BCUT2D eigenvalue weighted by Crippen LogP contribution is -2.23. The standard InChI is InChI=1S/C21H20N2O4/c1-14-13-17(11-8-15-6-9-16(26-2)10-7-15)27-21(25)19(14)20(24)23-18-5-3-4-12-22-18/h3-7,9-10,12-13H,8,11H2,1-2H3,(H,22,23,24). The largest absolute Gasteiger partial charge is 0.497 e. The van der Waals surface area contributed by atoms with Crippen molar-refractivity contribution in [2.24, 2.45) is 0 Å². The van der Waals surface area contributed by atoms with E-state index in [9.17, 15) is 9.59 Å². The van der Waals surface area contributed by atoms with E-state index in [0.29, 0.717) is 30.0 Å². The van der Waals surface area contributed by atoms with E-state index in [1.807, 2.05) is 24.3 Å². The molecular weight excluding hydrogens is 344 g/mol. The number of aromatic nitrogens is 1. The molecule has 2 aromatic heterocycles. The van der Waals surface area contributed by atoms with E-state index in [4.69, 9.17) is 9.15 Å². The van der Waals surface area contributed by atoms with Crippen LogP contribution in [-0.2, 0) is 12.8 Å². The zero-order valence-electron chi connectivity index (χ0n) is 15.2. The summed E-state index contributed by atoms with van der Waals surface area (Å²) >= 11 is 0. The highest BCUT2D eigenvalue weighted by Crippen LogP contribution is 2.15. The lowest BCUT2D eigenvalue weighted by Gasteiger charge is -2.08. The summed E-state index contributed by atoms with van der Waals surface area (Å²) < 4.78 is 10.5. The molecule has 2 heterocycles. The van der Waals surface area contributed by atoms with E-state index in [0.717, 1.165) is 11.3 Å². The van der Waals surface area contributed by atoms with Crippen molar-refractivity contribution in [2.75, 3.05) is 12.4 Å². The molecule has 3 rings (SSSR count). The third-order valence-corrected chi connectivity index (χ3v) is 4.15. The molecule has 1 aromatic carbocycles. The van der Waals surface area contributed by atoms with Gasteiger partial charge in [0.25, 0.3) is 5.91 Å². The maximum atomic E-state index is 12.4. The Kier molecular flexibility index (Phi) is 5.66. The Hall–Kier alpha value is -3.41. The Bertz CT molecular complexity index is 979. The Balaban J connectivity index is 1.72. The van der Waals surface area contributed by atoms with E-state index in [2.05, 4.69) is 10.3 Å². The van der Waals surface area contributed by atoms with Gasteiger partial charge in [0.05, 0.1) is 7.11 Å². The van der Waals surface area contributed by atoms with Crippen molar-refractivity contribution in [3.63, 3.8) is 0 Å². The summed E-state index contributed by atoms with van der Waals surface area (Å²) in [5.41, 5.74) is 1.03. The number of pyridine rings is 1. The minimum Gasteiger partial charge on any atom is -0.497 e. The van der Waals surface area contributed by atoms with Crippen LogP contribution in [0.3, 0.4) is 0 Å². The van der Waals surface area contributed by atoms with Crippen molar-refractivity contribution >= 4 is 11.7 Å². The van der Waals surface area contributed by atoms with Gasteiger partial charge in [0.2, 0.25) is 0 Å². The second-order valence-electron chi connectivity index (χ2n) is 6.08. The van der Waals surface area contributed by atoms with Gasteiger partial charge in [-0.15, -0.1) is 0 Å². The molecule has 27 heavy (non-hydrogen) atoms. The maximum absolute atomic E-state index is 12.4. The molecule has 0 aliphatic heterocycles. The van der Waals surface area contributed by atoms with E-state index >= 15 is 0 Å². The Morgan fingerprint density at radius 2 is 1.93 bits per heavy atom. The number of carbonyl (C=O) groups is 1. The molecule has 0 fully saturated rings. The number of carbonyl (C=O) groups excluding carboxylic acids is 1. The molecule has 0 atom stereocenters. The maximum Gasteiger partial charge on any atom is 0.349 e. The highest BCUT2D eigenvalue weighted by molar-refractivity contribution is 6.04. The van der Waals surface area contributed by atoms with Crippen LogP contribution in [0.1, 0.15) is 27.2 Å². The molecule has 0 saturated carbocycles. The van der Waals surface area contributed by atoms with Crippen molar-refractivity contribution in [1.29, 1.82) is 0 Å². The van der Waals surface area contributed by atoms with Crippen LogP contribution in [0.4, 0.5) is 5.82 Å². The van der Waals surface area contributed by atoms with Gasteiger partial charge in [0.1, 0.15) is 22.9 Å².